The molecule has 0 bridgehead atoms. The van der Waals surface area contributed by atoms with E-state index in [0.717, 1.165) is 13.1 Å². The van der Waals surface area contributed by atoms with Gasteiger partial charge in [0.1, 0.15) is 0 Å². The van der Waals surface area contributed by atoms with Crippen LogP contribution < -0.4 is 5.32 Å². The minimum absolute atomic E-state index is 0.837. The third-order valence-corrected chi connectivity index (χ3v) is 2.82. The molecule has 1 heterocycles. The van der Waals surface area contributed by atoms with Gasteiger partial charge in [0, 0.05) is 25.8 Å². The molecule has 15 heavy (non-hydrogen) atoms. The van der Waals surface area contributed by atoms with Crippen LogP contribution in [0.1, 0.15) is 17.5 Å². The van der Waals surface area contributed by atoms with Crippen LogP contribution in [0, 0.1) is 0 Å². The SMILES string of the molecule is CON(C)Cc1ccc2c(c1)CCCN2. The molecule has 1 N–H and O–H groups in total. The Morgan fingerprint density at radius 3 is 3.13 bits per heavy atom. The Labute approximate surface area is 91.0 Å². The second-order valence-electron chi connectivity index (χ2n) is 3.99. The van der Waals surface area contributed by atoms with Gasteiger partial charge >= 0.3 is 0 Å². The first-order valence-electron chi connectivity index (χ1n) is 5.40. The zero-order valence-corrected chi connectivity index (χ0v) is 9.42. The molecule has 3 nitrogen and oxygen atoms in total. The van der Waals surface area contributed by atoms with Crippen molar-refractivity contribution in [3.63, 3.8) is 0 Å². The summed E-state index contributed by atoms with van der Waals surface area (Å²) in [5.74, 6) is 0. The van der Waals surface area contributed by atoms with Gasteiger partial charge in [-0.05, 0) is 30.0 Å². The summed E-state index contributed by atoms with van der Waals surface area (Å²) in [6, 6.07) is 6.61. The fourth-order valence-corrected chi connectivity index (χ4v) is 1.95. The monoisotopic (exact) mass is 206 g/mol. The van der Waals surface area contributed by atoms with Crippen LogP contribution in [0.15, 0.2) is 18.2 Å². The highest BCUT2D eigenvalue weighted by Crippen LogP contribution is 2.23. The number of hydrogen-bond donors (Lipinski definition) is 1. The first-order chi connectivity index (χ1) is 7.29. The summed E-state index contributed by atoms with van der Waals surface area (Å²) in [6.45, 7) is 1.94. The van der Waals surface area contributed by atoms with Gasteiger partial charge in [0.25, 0.3) is 0 Å². The van der Waals surface area contributed by atoms with Gasteiger partial charge in [-0.1, -0.05) is 12.1 Å². The lowest BCUT2D eigenvalue weighted by atomic mass is 10.0. The largest absolute Gasteiger partial charge is 0.385 e. The topological polar surface area (TPSA) is 24.5 Å². The van der Waals surface area contributed by atoms with Crippen LogP contribution in [0.4, 0.5) is 5.69 Å². The first-order valence-corrected chi connectivity index (χ1v) is 5.40. The molecule has 82 valence electrons. The van der Waals surface area contributed by atoms with E-state index >= 15 is 0 Å². The fraction of sp³-hybridized carbons (Fsp3) is 0.500. The van der Waals surface area contributed by atoms with E-state index in [2.05, 4.69) is 23.5 Å². The Balaban J connectivity index is 2.13. The quantitative estimate of drug-likeness (QED) is 0.766. The first kappa shape index (κ1) is 10.5. The highest BCUT2D eigenvalue weighted by Gasteiger charge is 2.09. The van der Waals surface area contributed by atoms with Crippen molar-refractivity contribution < 1.29 is 4.84 Å². The highest BCUT2D eigenvalue weighted by molar-refractivity contribution is 5.54. The zero-order chi connectivity index (χ0) is 10.7. The van der Waals surface area contributed by atoms with Gasteiger partial charge in [0.05, 0.1) is 7.11 Å². The average Bonchev–Trinajstić information content (AvgIpc) is 2.29. The summed E-state index contributed by atoms with van der Waals surface area (Å²) in [4.78, 5) is 5.12. The van der Waals surface area contributed by atoms with E-state index in [-0.39, 0.29) is 0 Å². The Hall–Kier alpha value is -1.06. The number of hydrogen-bond acceptors (Lipinski definition) is 3. The molecule has 0 radical (unpaired) electrons. The van der Waals surface area contributed by atoms with Crippen LogP contribution in [0.2, 0.25) is 0 Å². The summed E-state index contributed by atoms with van der Waals surface area (Å²) >= 11 is 0. The van der Waals surface area contributed by atoms with Crippen molar-refractivity contribution in [3.05, 3.63) is 29.3 Å². The molecule has 1 aromatic rings. The lowest BCUT2D eigenvalue weighted by Gasteiger charge is -2.20. The number of nitrogens with one attached hydrogen (secondary N) is 1. The molecule has 1 aliphatic rings. The number of nitrogens with zero attached hydrogens (tertiary/aromatic N) is 1. The van der Waals surface area contributed by atoms with Gasteiger partial charge in [-0.3, -0.25) is 0 Å². The van der Waals surface area contributed by atoms with E-state index in [1.807, 2.05) is 12.1 Å². The molecular formula is C12H18N2O. The number of rotatable bonds is 3. The van der Waals surface area contributed by atoms with E-state index in [1.54, 1.807) is 7.11 Å². The Morgan fingerprint density at radius 1 is 1.47 bits per heavy atom. The molecule has 0 amide bonds. The lowest BCUT2D eigenvalue weighted by Crippen LogP contribution is -2.17. The minimum Gasteiger partial charge on any atom is -0.385 e. The van der Waals surface area contributed by atoms with Gasteiger partial charge in [-0.2, -0.15) is 5.06 Å². The molecule has 1 aliphatic heterocycles. The maximum absolute atomic E-state index is 5.12. The highest BCUT2D eigenvalue weighted by atomic mass is 16.7. The van der Waals surface area contributed by atoms with E-state index < -0.39 is 0 Å². The summed E-state index contributed by atoms with van der Waals surface area (Å²) < 4.78 is 0. The molecule has 0 unspecified atom stereocenters. The van der Waals surface area contributed by atoms with Crippen molar-refractivity contribution in [1.82, 2.24) is 5.06 Å². The van der Waals surface area contributed by atoms with Crippen LogP contribution >= 0.6 is 0 Å². The smallest absolute Gasteiger partial charge is 0.0575 e. The fourth-order valence-electron chi connectivity index (χ4n) is 1.95. The van der Waals surface area contributed by atoms with E-state index in [1.165, 1.54) is 29.7 Å². The van der Waals surface area contributed by atoms with Gasteiger partial charge in [-0.15, -0.1) is 0 Å². The van der Waals surface area contributed by atoms with Crippen molar-refractivity contribution in [2.45, 2.75) is 19.4 Å². The molecule has 3 heteroatoms. The second-order valence-corrected chi connectivity index (χ2v) is 3.99. The zero-order valence-electron chi connectivity index (χ0n) is 9.42. The normalized spacial score (nSPS) is 14.9. The summed E-state index contributed by atoms with van der Waals surface area (Å²) in [5, 5.41) is 5.24. The van der Waals surface area contributed by atoms with E-state index in [4.69, 9.17) is 4.84 Å². The van der Waals surface area contributed by atoms with Crippen molar-refractivity contribution in [2.24, 2.45) is 0 Å². The third-order valence-electron chi connectivity index (χ3n) is 2.82. The minimum atomic E-state index is 0.837. The van der Waals surface area contributed by atoms with Gasteiger partial charge in [-0.25, -0.2) is 0 Å². The molecule has 0 fully saturated rings. The molecule has 0 saturated carbocycles. The van der Waals surface area contributed by atoms with Gasteiger partial charge < -0.3 is 10.2 Å². The summed E-state index contributed by atoms with van der Waals surface area (Å²) in [5.41, 5.74) is 4.04. The number of benzene rings is 1. The molecule has 0 atom stereocenters. The second kappa shape index (κ2) is 4.64. The van der Waals surface area contributed by atoms with Crippen molar-refractivity contribution in [1.29, 1.82) is 0 Å². The van der Waals surface area contributed by atoms with E-state index in [0.29, 0.717) is 0 Å². The molecule has 0 aliphatic carbocycles. The van der Waals surface area contributed by atoms with Crippen molar-refractivity contribution >= 4 is 5.69 Å². The Bertz CT molecular complexity index is 338. The molecule has 0 spiro atoms. The van der Waals surface area contributed by atoms with Crippen LogP contribution in [-0.4, -0.2) is 25.8 Å². The Kier molecular flexibility index (Phi) is 3.23. The maximum atomic E-state index is 5.12. The van der Waals surface area contributed by atoms with Crippen molar-refractivity contribution in [2.75, 3.05) is 26.0 Å². The molecule has 1 aromatic carbocycles. The van der Waals surface area contributed by atoms with Crippen LogP contribution in [0.5, 0.6) is 0 Å². The molecule has 2 rings (SSSR count). The number of anilines is 1. The third kappa shape index (κ3) is 2.49. The summed E-state index contributed by atoms with van der Waals surface area (Å²) in [7, 11) is 3.64. The molecular weight excluding hydrogens is 188 g/mol. The predicted octanol–water partition coefficient (Wildman–Crippen LogP) is 2.04. The summed E-state index contributed by atoms with van der Waals surface area (Å²) in [6.07, 6.45) is 2.42. The van der Waals surface area contributed by atoms with Crippen LogP contribution in [0.25, 0.3) is 0 Å². The Morgan fingerprint density at radius 2 is 2.33 bits per heavy atom. The van der Waals surface area contributed by atoms with Crippen LogP contribution in [0.3, 0.4) is 0 Å². The molecule has 0 saturated heterocycles. The molecule has 0 aromatic heterocycles. The van der Waals surface area contributed by atoms with Gasteiger partial charge in [0.15, 0.2) is 0 Å². The van der Waals surface area contributed by atoms with Gasteiger partial charge in [0.2, 0.25) is 0 Å². The number of fused-ring (bicyclic) bond motifs is 1. The standard InChI is InChI=1S/C12H18N2O/c1-14(15-2)9-10-5-6-12-11(8-10)4-3-7-13-12/h5-6,8,13H,3-4,7,9H2,1-2H3. The van der Waals surface area contributed by atoms with Crippen LogP contribution in [-0.2, 0) is 17.8 Å². The van der Waals surface area contributed by atoms with Crippen molar-refractivity contribution in [3.8, 4) is 0 Å². The lowest BCUT2D eigenvalue weighted by molar-refractivity contribution is -0.116. The maximum Gasteiger partial charge on any atom is 0.0575 e. The number of hydroxylamine groups is 2. The predicted molar refractivity (Wildman–Crippen MR) is 61.7 cm³/mol. The number of aryl methyl sites for hydroxylation is 1. The average molecular weight is 206 g/mol. The van der Waals surface area contributed by atoms with E-state index in [9.17, 15) is 0 Å².